The Balaban J connectivity index is 1.50. The number of ether oxygens (including phenoxy) is 1. The van der Waals surface area contributed by atoms with E-state index in [9.17, 15) is 9.59 Å². The van der Waals surface area contributed by atoms with Crippen molar-refractivity contribution in [3.63, 3.8) is 0 Å². The number of nitrogens with one attached hydrogen (secondary N) is 1. The van der Waals surface area contributed by atoms with Gasteiger partial charge in [0.2, 0.25) is 0 Å². The molecule has 0 saturated carbocycles. The SMILES string of the molecule is Cc1ccc(CNC(=O)COC(=O)c2cc3ccccc3s2)cc1. The minimum Gasteiger partial charge on any atom is -0.451 e. The molecule has 0 fully saturated rings. The first-order valence-corrected chi connectivity index (χ1v) is 8.41. The fourth-order valence-electron chi connectivity index (χ4n) is 2.24. The van der Waals surface area contributed by atoms with E-state index >= 15 is 0 Å². The molecule has 5 heteroatoms. The summed E-state index contributed by atoms with van der Waals surface area (Å²) in [4.78, 5) is 24.3. The molecule has 0 aliphatic rings. The highest BCUT2D eigenvalue weighted by molar-refractivity contribution is 7.20. The molecule has 1 N–H and O–H groups in total. The fraction of sp³-hybridized carbons (Fsp3) is 0.158. The number of amides is 1. The molecule has 0 spiro atoms. The Hall–Kier alpha value is -2.66. The van der Waals surface area contributed by atoms with Crippen LogP contribution in [0.15, 0.2) is 54.6 Å². The van der Waals surface area contributed by atoms with Crippen LogP contribution in [0.2, 0.25) is 0 Å². The van der Waals surface area contributed by atoms with Gasteiger partial charge in [0, 0.05) is 11.2 Å². The van der Waals surface area contributed by atoms with Crippen molar-refractivity contribution in [1.29, 1.82) is 0 Å². The molecule has 1 amide bonds. The van der Waals surface area contributed by atoms with Crippen LogP contribution < -0.4 is 5.32 Å². The van der Waals surface area contributed by atoms with E-state index in [1.165, 1.54) is 16.9 Å². The molecule has 0 aliphatic carbocycles. The molecule has 0 saturated heterocycles. The van der Waals surface area contributed by atoms with E-state index in [0.717, 1.165) is 15.6 Å². The number of carbonyl (C=O) groups is 2. The summed E-state index contributed by atoms with van der Waals surface area (Å²) in [6.45, 7) is 2.15. The molecular weight excluding hydrogens is 322 g/mol. The number of esters is 1. The normalized spacial score (nSPS) is 10.5. The molecule has 0 bridgehead atoms. The van der Waals surface area contributed by atoms with E-state index in [-0.39, 0.29) is 12.5 Å². The zero-order chi connectivity index (χ0) is 16.9. The van der Waals surface area contributed by atoms with E-state index in [1.54, 1.807) is 6.07 Å². The van der Waals surface area contributed by atoms with Gasteiger partial charge in [0.15, 0.2) is 6.61 Å². The zero-order valence-electron chi connectivity index (χ0n) is 13.2. The number of thiophene rings is 1. The summed E-state index contributed by atoms with van der Waals surface area (Å²) >= 11 is 1.36. The summed E-state index contributed by atoms with van der Waals surface area (Å²) in [5.41, 5.74) is 2.17. The second kappa shape index (κ2) is 7.27. The molecule has 122 valence electrons. The second-order valence-corrected chi connectivity index (χ2v) is 6.57. The number of hydrogen-bond donors (Lipinski definition) is 1. The Morgan fingerprint density at radius 3 is 2.58 bits per heavy atom. The summed E-state index contributed by atoms with van der Waals surface area (Å²) in [6.07, 6.45) is 0. The summed E-state index contributed by atoms with van der Waals surface area (Å²) in [5.74, 6) is -0.785. The van der Waals surface area contributed by atoms with E-state index in [1.807, 2.05) is 55.5 Å². The highest BCUT2D eigenvalue weighted by Crippen LogP contribution is 2.25. The lowest BCUT2D eigenvalue weighted by Crippen LogP contribution is -2.28. The molecule has 2 aromatic carbocycles. The Labute approximate surface area is 144 Å². The van der Waals surface area contributed by atoms with Crippen LogP contribution in [0.25, 0.3) is 10.1 Å². The van der Waals surface area contributed by atoms with Crippen molar-refractivity contribution in [1.82, 2.24) is 5.32 Å². The number of fused-ring (bicyclic) bond motifs is 1. The van der Waals surface area contributed by atoms with Gasteiger partial charge < -0.3 is 10.1 Å². The molecule has 0 atom stereocenters. The van der Waals surface area contributed by atoms with Gasteiger partial charge in [-0.3, -0.25) is 4.79 Å². The van der Waals surface area contributed by atoms with Gasteiger partial charge in [0.05, 0.1) is 0 Å². The highest BCUT2D eigenvalue weighted by atomic mass is 32.1. The van der Waals surface area contributed by atoms with Gasteiger partial charge in [0.1, 0.15) is 4.88 Å². The van der Waals surface area contributed by atoms with E-state index in [4.69, 9.17) is 4.74 Å². The van der Waals surface area contributed by atoms with Crippen LogP contribution in [0.5, 0.6) is 0 Å². The van der Waals surface area contributed by atoms with Crippen LogP contribution in [0.4, 0.5) is 0 Å². The minimum absolute atomic E-state index is 0.279. The fourth-order valence-corrected chi connectivity index (χ4v) is 3.20. The predicted octanol–water partition coefficient (Wildman–Crippen LogP) is 3.68. The maximum atomic E-state index is 12.0. The summed E-state index contributed by atoms with van der Waals surface area (Å²) < 4.78 is 6.11. The van der Waals surface area contributed by atoms with Crippen molar-refractivity contribution in [3.8, 4) is 0 Å². The molecule has 4 nitrogen and oxygen atoms in total. The van der Waals surface area contributed by atoms with Gasteiger partial charge in [0.25, 0.3) is 5.91 Å². The largest absolute Gasteiger partial charge is 0.451 e. The summed E-state index contributed by atoms with van der Waals surface area (Å²) in [5, 5.41) is 3.74. The first-order chi connectivity index (χ1) is 11.6. The lowest BCUT2D eigenvalue weighted by Gasteiger charge is -2.06. The van der Waals surface area contributed by atoms with Gasteiger partial charge in [-0.1, -0.05) is 48.0 Å². The predicted molar refractivity (Wildman–Crippen MR) is 95.1 cm³/mol. The average Bonchev–Trinajstić information content (AvgIpc) is 3.03. The van der Waals surface area contributed by atoms with Crippen molar-refractivity contribution in [2.45, 2.75) is 13.5 Å². The van der Waals surface area contributed by atoms with E-state index < -0.39 is 5.97 Å². The van der Waals surface area contributed by atoms with Gasteiger partial charge in [-0.15, -0.1) is 11.3 Å². The maximum absolute atomic E-state index is 12.0. The van der Waals surface area contributed by atoms with Crippen LogP contribution in [0.3, 0.4) is 0 Å². The molecule has 0 radical (unpaired) electrons. The Morgan fingerprint density at radius 2 is 1.83 bits per heavy atom. The third-order valence-corrected chi connectivity index (χ3v) is 4.67. The van der Waals surface area contributed by atoms with E-state index in [0.29, 0.717) is 11.4 Å². The maximum Gasteiger partial charge on any atom is 0.348 e. The third kappa shape index (κ3) is 4.00. The average molecular weight is 339 g/mol. The number of hydrogen-bond acceptors (Lipinski definition) is 4. The van der Waals surface area contributed by atoms with Crippen molar-refractivity contribution >= 4 is 33.3 Å². The third-order valence-electron chi connectivity index (χ3n) is 3.57. The summed E-state index contributed by atoms with van der Waals surface area (Å²) in [6, 6.07) is 17.4. The number of benzene rings is 2. The molecule has 1 heterocycles. The smallest absolute Gasteiger partial charge is 0.348 e. The second-order valence-electron chi connectivity index (χ2n) is 5.49. The first kappa shape index (κ1) is 16.2. The lowest BCUT2D eigenvalue weighted by molar-refractivity contribution is -0.124. The van der Waals surface area contributed by atoms with Gasteiger partial charge >= 0.3 is 5.97 Å². The quantitative estimate of drug-likeness (QED) is 0.722. The molecule has 24 heavy (non-hydrogen) atoms. The number of aryl methyl sites for hydroxylation is 1. The van der Waals surface area contributed by atoms with Crippen LogP contribution in [0.1, 0.15) is 20.8 Å². The van der Waals surface area contributed by atoms with Crippen LogP contribution in [-0.2, 0) is 16.1 Å². The Bertz CT molecular complexity index is 835. The molecule has 1 aromatic heterocycles. The Morgan fingerprint density at radius 1 is 1.08 bits per heavy atom. The molecule has 0 unspecified atom stereocenters. The van der Waals surface area contributed by atoms with E-state index in [2.05, 4.69) is 5.32 Å². The first-order valence-electron chi connectivity index (χ1n) is 7.60. The number of rotatable bonds is 5. The van der Waals surface area contributed by atoms with Crippen LogP contribution in [-0.4, -0.2) is 18.5 Å². The summed E-state index contributed by atoms with van der Waals surface area (Å²) in [7, 11) is 0. The Kier molecular flexibility index (Phi) is 4.91. The topological polar surface area (TPSA) is 55.4 Å². The van der Waals surface area contributed by atoms with Crippen LogP contribution in [0, 0.1) is 6.92 Å². The van der Waals surface area contributed by atoms with Crippen LogP contribution >= 0.6 is 11.3 Å². The molecular formula is C19H17NO3S. The molecule has 3 aromatic rings. The minimum atomic E-state index is -0.471. The molecule has 3 rings (SSSR count). The standard InChI is InChI=1S/C19H17NO3S/c1-13-6-8-14(9-7-13)11-20-18(21)12-23-19(22)17-10-15-4-2-3-5-16(15)24-17/h2-10H,11-12H2,1H3,(H,20,21). The van der Waals surface area contributed by atoms with Crippen molar-refractivity contribution in [2.24, 2.45) is 0 Å². The van der Waals surface area contributed by atoms with Gasteiger partial charge in [-0.2, -0.15) is 0 Å². The lowest BCUT2D eigenvalue weighted by atomic mass is 10.1. The van der Waals surface area contributed by atoms with Crippen molar-refractivity contribution in [2.75, 3.05) is 6.61 Å². The van der Waals surface area contributed by atoms with Crippen molar-refractivity contribution < 1.29 is 14.3 Å². The van der Waals surface area contributed by atoms with Gasteiger partial charge in [-0.25, -0.2) is 4.79 Å². The highest BCUT2D eigenvalue weighted by Gasteiger charge is 2.13. The number of carbonyl (C=O) groups excluding carboxylic acids is 2. The van der Waals surface area contributed by atoms with Gasteiger partial charge in [-0.05, 0) is 30.0 Å². The molecule has 0 aliphatic heterocycles. The monoisotopic (exact) mass is 339 g/mol. The zero-order valence-corrected chi connectivity index (χ0v) is 14.1. The van der Waals surface area contributed by atoms with Crippen molar-refractivity contribution in [3.05, 3.63) is 70.6 Å².